The highest BCUT2D eigenvalue weighted by atomic mass is 32.2. The largest absolute Gasteiger partial charge is 0.493 e. The summed E-state index contributed by atoms with van der Waals surface area (Å²) in [4.78, 5) is 33.2. The van der Waals surface area contributed by atoms with Gasteiger partial charge in [0.15, 0.2) is 17.3 Å². The quantitative estimate of drug-likeness (QED) is 0.0863. The maximum Gasteiger partial charge on any atom is 0.277 e. The Labute approximate surface area is 268 Å². The number of aromatic nitrogens is 4. The van der Waals surface area contributed by atoms with Crippen LogP contribution in [0.1, 0.15) is 21.5 Å². The van der Waals surface area contributed by atoms with Crippen LogP contribution in [0.2, 0.25) is 0 Å². The first kappa shape index (κ1) is 30.4. The summed E-state index contributed by atoms with van der Waals surface area (Å²) in [5.41, 5.74) is 6.62. The van der Waals surface area contributed by atoms with Crippen molar-refractivity contribution in [3.63, 3.8) is 0 Å². The number of anilines is 1. The maximum absolute atomic E-state index is 12.7. The van der Waals surface area contributed by atoms with Crippen LogP contribution in [0.15, 0.2) is 101 Å². The van der Waals surface area contributed by atoms with Gasteiger partial charge in [-0.25, -0.2) is 4.98 Å². The van der Waals surface area contributed by atoms with Gasteiger partial charge in [-0.05, 0) is 84.8 Å². The van der Waals surface area contributed by atoms with Crippen LogP contribution in [0.25, 0.3) is 40.0 Å². The molecular weight excluding hydrogens is 602 g/mol. The van der Waals surface area contributed by atoms with Gasteiger partial charge in [-0.2, -0.15) is 0 Å². The summed E-state index contributed by atoms with van der Waals surface area (Å²) in [5, 5.41) is 11.3. The van der Waals surface area contributed by atoms with Crippen molar-refractivity contribution in [3.8, 4) is 34.3 Å². The fraction of sp³-hybridized carbons (Fsp3) is 0.114. The number of allylic oxidation sites excluding steroid dienone is 1. The number of aryl methyl sites for hydroxylation is 1. The number of carbonyl (C=O) groups is 2. The predicted octanol–water partition coefficient (Wildman–Crippen LogP) is 7.23. The molecule has 46 heavy (non-hydrogen) atoms. The van der Waals surface area contributed by atoms with Gasteiger partial charge in [0, 0.05) is 22.4 Å². The van der Waals surface area contributed by atoms with Crippen LogP contribution in [0.3, 0.4) is 0 Å². The third-order valence-electron chi connectivity index (χ3n) is 7.06. The van der Waals surface area contributed by atoms with Gasteiger partial charge in [0.1, 0.15) is 5.82 Å². The van der Waals surface area contributed by atoms with E-state index < -0.39 is 0 Å². The molecule has 230 valence electrons. The van der Waals surface area contributed by atoms with E-state index in [0.717, 1.165) is 45.3 Å². The Morgan fingerprint density at radius 2 is 1.65 bits per heavy atom. The molecule has 10 nitrogen and oxygen atoms in total. The number of nitrogens with zero attached hydrogens (tertiary/aromatic N) is 3. The Morgan fingerprint density at radius 3 is 2.41 bits per heavy atom. The number of hydrogen-bond acceptors (Lipinski definition) is 9. The molecular formula is C35H29N5O5S. The lowest BCUT2D eigenvalue weighted by Crippen LogP contribution is -2.14. The maximum atomic E-state index is 12.7. The summed E-state index contributed by atoms with van der Waals surface area (Å²) < 4.78 is 16.3. The van der Waals surface area contributed by atoms with E-state index in [-0.39, 0.29) is 22.7 Å². The van der Waals surface area contributed by atoms with Crippen molar-refractivity contribution in [1.82, 2.24) is 20.2 Å². The first-order valence-corrected chi connectivity index (χ1v) is 15.2. The smallest absolute Gasteiger partial charge is 0.277 e. The highest BCUT2D eigenvalue weighted by molar-refractivity contribution is 7.99. The number of aromatic amines is 1. The molecule has 1 amide bonds. The van der Waals surface area contributed by atoms with Gasteiger partial charge in [0.25, 0.3) is 5.22 Å². The Bertz CT molecular complexity index is 2050. The van der Waals surface area contributed by atoms with Crippen molar-refractivity contribution >= 4 is 46.2 Å². The second kappa shape index (κ2) is 13.5. The molecule has 2 N–H and O–H groups in total. The van der Waals surface area contributed by atoms with Gasteiger partial charge >= 0.3 is 0 Å². The molecule has 2 heterocycles. The number of hydrogen-bond donors (Lipinski definition) is 2. The standard InChI is InChI=1S/C35H29N5O5S/c1-21-4-15-27-28(18-21)38-33(37-27)24-7-9-25(10-8-24)34-39-40-35(45-34)46-20-32(42)36-26-13-11-23(12-14-26)29(41)16-5-22-6-17-30(43-2)31(19-22)44-3/h4-19H,20H2,1-3H3,(H,36,42)(H,37,38)/b16-5+. The molecule has 0 saturated carbocycles. The third-order valence-corrected chi connectivity index (χ3v) is 7.88. The lowest BCUT2D eigenvalue weighted by Gasteiger charge is -2.07. The van der Waals surface area contributed by atoms with E-state index in [1.807, 2.05) is 49.4 Å². The van der Waals surface area contributed by atoms with E-state index in [1.54, 1.807) is 56.7 Å². The van der Waals surface area contributed by atoms with Crippen LogP contribution in [0.5, 0.6) is 11.5 Å². The van der Waals surface area contributed by atoms with E-state index in [0.29, 0.717) is 28.6 Å². The van der Waals surface area contributed by atoms with Gasteiger partial charge in [-0.3, -0.25) is 9.59 Å². The van der Waals surface area contributed by atoms with Crippen LogP contribution < -0.4 is 14.8 Å². The lowest BCUT2D eigenvalue weighted by atomic mass is 10.1. The van der Waals surface area contributed by atoms with Crippen molar-refractivity contribution in [2.45, 2.75) is 12.1 Å². The summed E-state index contributed by atoms with van der Waals surface area (Å²) in [7, 11) is 3.13. The molecule has 0 fully saturated rings. The van der Waals surface area contributed by atoms with Gasteiger partial charge in [-0.15, -0.1) is 10.2 Å². The van der Waals surface area contributed by atoms with E-state index in [9.17, 15) is 9.59 Å². The molecule has 4 aromatic carbocycles. The summed E-state index contributed by atoms with van der Waals surface area (Å²) in [6.45, 7) is 2.05. The number of methoxy groups -OCH3 is 2. The van der Waals surface area contributed by atoms with Crippen molar-refractivity contribution in [2.24, 2.45) is 0 Å². The molecule has 0 aliphatic heterocycles. The van der Waals surface area contributed by atoms with Crippen molar-refractivity contribution < 1.29 is 23.5 Å². The molecule has 6 aromatic rings. The molecule has 0 atom stereocenters. The highest BCUT2D eigenvalue weighted by Gasteiger charge is 2.13. The molecule has 0 radical (unpaired) electrons. The molecule has 0 aliphatic carbocycles. The minimum atomic E-state index is -0.248. The van der Waals surface area contributed by atoms with Crippen LogP contribution in [0, 0.1) is 6.92 Å². The minimum Gasteiger partial charge on any atom is -0.493 e. The summed E-state index contributed by atoms with van der Waals surface area (Å²) in [6.07, 6.45) is 3.19. The van der Waals surface area contributed by atoms with Gasteiger partial charge in [0.05, 0.1) is 31.0 Å². The molecule has 0 unspecified atom stereocenters. The van der Waals surface area contributed by atoms with Crippen molar-refractivity contribution in [3.05, 3.63) is 108 Å². The summed E-state index contributed by atoms with van der Waals surface area (Å²) in [5.74, 6) is 1.98. The summed E-state index contributed by atoms with van der Waals surface area (Å²) >= 11 is 1.14. The van der Waals surface area contributed by atoms with E-state index in [2.05, 4.69) is 31.5 Å². The zero-order valence-corrected chi connectivity index (χ0v) is 26.1. The zero-order valence-electron chi connectivity index (χ0n) is 25.2. The number of thioether (sulfide) groups is 1. The Kier molecular flexibility index (Phi) is 8.93. The number of ketones is 1. The molecule has 0 aliphatic rings. The topological polar surface area (TPSA) is 132 Å². The SMILES string of the molecule is COc1ccc(/C=C/C(=O)c2ccc(NC(=O)CSc3nnc(-c4ccc(-c5nc6ccc(C)cc6[nH]5)cc4)o3)cc2)cc1OC. The minimum absolute atomic E-state index is 0.0703. The van der Waals surface area contributed by atoms with Gasteiger partial charge in [0.2, 0.25) is 11.8 Å². The number of H-pyrrole nitrogens is 1. The average Bonchev–Trinajstić information content (AvgIpc) is 3.74. The van der Waals surface area contributed by atoms with Crippen molar-refractivity contribution in [2.75, 3.05) is 25.3 Å². The van der Waals surface area contributed by atoms with E-state index >= 15 is 0 Å². The van der Waals surface area contributed by atoms with Gasteiger partial charge < -0.3 is 24.2 Å². The number of fused-ring (bicyclic) bond motifs is 1. The second-order valence-electron chi connectivity index (χ2n) is 10.3. The Hall–Kier alpha value is -5.68. The number of rotatable bonds is 11. The first-order chi connectivity index (χ1) is 22.4. The molecule has 0 spiro atoms. The second-order valence-corrected chi connectivity index (χ2v) is 11.2. The number of imidazole rings is 1. The van der Waals surface area contributed by atoms with E-state index in [4.69, 9.17) is 13.9 Å². The Balaban J connectivity index is 1.00. The molecule has 11 heteroatoms. The van der Waals surface area contributed by atoms with Crippen LogP contribution in [-0.2, 0) is 4.79 Å². The monoisotopic (exact) mass is 631 g/mol. The van der Waals surface area contributed by atoms with Crippen molar-refractivity contribution in [1.29, 1.82) is 0 Å². The highest BCUT2D eigenvalue weighted by Crippen LogP contribution is 2.29. The first-order valence-electron chi connectivity index (χ1n) is 14.3. The third kappa shape index (κ3) is 7.00. The fourth-order valence-electron chi connectivity index (χ4n) is 4.68. The summed E-state index contributed by atoms with van der Waals surface area (Å²) in [6, 6.07) is 25.9. The Morgan fingerprint density at radius 1 is 0.891 bits per heavy atom. The lowest BCUT2D eigenvalue weighted by molar-refractivity contribution is -0.113. The number of carbonyl (C=O) groups excluding carboxylic acids is 2. The fourth-order valence-corrected chi connectivity index (χ4v) is 5.25. The molecule has 6 rings (SSSR count). The predicted molar refractivity (Wildman–Crippen MR) is 178 cm³/mol. The molecule has 2 aromatic heterocycles. The van der Waals surface area contributed by atoms with Gasteiger partial charge in [-0.1, -0.05) is 42.1 Å². The molecule has 0 saturated heterocycles. The zero-order chi connectivity index (χ0) is 32.0. The number of nitrogens with one attached hydrogen (secondary N) is 2. The number of benzene rings is 4. The van der Waals surface area contributed by atoms with Crippen LogP contribution in [0.4, 0.5) is 5.69 Å². The van der Waals surface area contributed by atoms with E-state index in [1.165, 1.54) is 11.6 Å². The average molecular weight is 632 g/mol. The van der Waals surface area contributed by atoms with Crippen LogP contribution in [-0.4, -0.2) is 51.8 Å². The molecule has 0 bridgehead atoms. The normalized spacial score (nSPS) is 11.2. The number of amides is 1. The number of ether oxygens (including phenoxy) is 2. The van der Waals surface area contributed by atoms with Crippen LogP contribution >= 0.6 is 11.8 Å².